The maximum atomic E-state index is 12.7. The van der Waals surface area contributed by atoms with Gasteiger partial charge in [0.05, 0.1) is 5.56 Å². The molecule has 1 fully saturated rings. The molecule has 2 aromatic carbocycles. The molecule has 0 radical (unpaired) electrons. The molecule has 2 heterocycles. The molecule has 1 aliphatic rings. The summed E-state index contributed by atoms with van der Waals surface area (Å²) in [6, 6.07) is 14.5. The molecule has 0 spiro atoms. The maximum absolute atomic E-state index is 12.7. The molecule has 3 aromatic rings. The van der Waals surface area contributed by atoms with E-state index in [0.717, 1.165) is 10.5 Å². The molecule has 9 heteroatoms. The van der Waals surface area contributed by atoms with Crippen molar-refractivity contribution in [3.63, 3.8) is 0 Å². The summed E-state index contributed by atoms with van der Waals surface area (Å²) in [7, 11) is 0. The number of aromatic carboxylic acids is 1. The van der Waals surface area contributed by atoms with Crippen molar-refractivity contribution >= 4 is 35.6 Å². The SMILES string of the molecule is Cc1ccc(NC(=O)CN2C(=O)NC(=Cc3ccc(-c4cccc(C(=O)O)c4C)o3)C2=O)cc1. The second-order valence-corrected chi connectivity index (χ2v) is 7.78. The molecular formula is C25H21N3O6. The van der Waals surface area contributed by atoms with E-state index >= 15 is 0 Å². The smallest absolute Gasteiger partial charge is 0.335 e. The van der Waals surface area contributed by atoms with Gasteiger partial charge in [0.25, 0.3) is 5.91 Å². The molecule has 0 bridgehead atoms. The van der Waals surface area contributed by atoms with Crippen LogP contribution in [0.15, 0.2) is 64.7 Å². The van der Waals surface area contributed by atoms with Gasteiger partial charge >= 0.3 is 12.0 Å². The van der Waals surface area contributed by atoms with E-state index in [2.05, 4.69) is 10.6 Å². The zero-order valence-corrected chi connectivity index (χ0v) is 18.4. The number of hydrogen-bond donors (Lipinski definition) is 3. The number of amides is 4. The minimum Gasteiger partial charge on any atom is -0.478 e. The first-order valence-electron chi connectivity index (χ1n) is 10.4. The molecule has 0 unspecified atom stereocenters. The summed E-state index contributed by atoms with van der Waals surface area (Å²) in [6.07, 6.45) is 1.36. The van der Waals surface area contributed by atoms with Crippen LogP contribution in [-0.4, -0.2) is 40.4 Å². The molecule has 0 atom stereocenters. The van der Waals surface area contributed by atoms with Crippen molar-refractivity contribution in [2.45, 2.75) is 13.8 Å². The van der Waals surface area contributed by atoms with Gasteiger partial charge in [-0.1, -0.05) is 29.8 Å². The number of hydrogen-bond acceptors (Lipinski definition) is 5. The van der Waals surface area contributed by atoms with E-state index in [1.165, 1.54) is 12.1 Å². The molecule has 4 rings (SSSR count). The van der Waals surface area contributed by atoms with Gasteiger partial charge in [0.2, 0.25) is 5.91 Å². The Morgan fingerprint density at radius 2 is 1.79 bits per heavy atom. The lowest BCUT2D eigenvalue weighted by atomic mass is 10.0. The first-order valence-corrected chi connectivity index (χ1v) is 10.4. The number of carboxylic acid groups (broad SMARTS) is 1. The fourth-order valence-corrected chi connectivity index (χ4v) is 3.55. The van der Waals surface area contributed by atoms with Crippen molar-refractivity contribution in [1.82, 2.24) is 10.2 Å². The fraction of sp³-hybridized carbons (Fsp3) is 0.120. The number of urea groups is 1. The van der Waals surface area contributed by atoms with Crippen LogP contribution >= 0.6 is 0 Å². The highest BCUT2D eigenvalue weighted by molar-refractivity contribution is 6.15. The Bertz CT molecular complexity index is 1340. The number of imide groups is 1. The zero-order valence-electron chi connectivity index (χ0n) is 18.4. The standard InChI is InChI=1S/C25H21N3O6/c1-14-6-8-16(9-7-14)26-22(29)13-28-23(30)20(27-25(28)33)12-17-10-11-21(34-17)18-4-3-5-19(15(18)2)24(31)32/h3-12H,13H2,1-2H3,(H,26,29)(H,27,33)(H,31,32). The van der Waals surface area contributed by atoms with Crippen LogP contribution in [0.3, 0.4) is 0 Å². The van der Waals surface area contributed by atoms with Crippen LogP contribution in [0.1, 0.15) is 27.2 Å². The van der Waals surface area contributed by atoms with Gasteiger partial charge in [-0.2, -0.15) is 0 Å². The van der Waals surface area contributed by atoms with E-state index in [9.17, 15) is 24.3 Å². The summed E-state index contributed by atoms with van der Waals surface area (Å²) < 4.78 is 5.77. The number of carboxylic acids is 1. The third-order valence-electron chi connectivity index (χ3n) is 5.34. The number of nitrogens with zero attached hydrogens (tertiary/aromatic N) is 1. The number of carbonyl (C=O) groups excluding carboxylic acids is 3. The number of aryl methyl sites for hydroxylation is 1. The summed E-state index contributed by atoms with van der Waals surface area (Å²) in [6.45, 7) is 3.16. The summed E-state index contributed by atoms with van der Waals surface area (Å²) in [4.78, 5) is 49.5. The molecule has 4 amide bonds. The minimum absolute atomic E-state index is 0.0370. The average Bonchev–Trinajstić information content (AvgIpc) is 3.35. The number of carbonyl (C=O) groups is 4. The summed E-state index contributed by atoms with van der Waals surface area (Å²) >= 11 is 0. The van der Waals surface area contributed by atoms with Crippen molar-refractivity contribution < 1.29 is 28.7 Å². The lowest BCUT2D eigenvalue weighted by Crippen LogP contribution is -2.38. The molecule has 1 saturated heterocycles. The van der Waals surface area contributed by atoms with Crippen molar-refractivity contribution in [2.75, 3.05) is 11.9 Å². The van der Waals surface area contributed by atoms with E-state index in [1.54, 1.807) is 43.3 Å². The maximum Gasteiger partial charge on any atom is 0.335 e. The van der Waals surface area contributed by atoms with Gasteiger partial charge < -0.3 is 20.2 Å². The minimum atomic E-state index is -1.04. The summed E-state index contributed by atoms with van der Waals surface area (Å²) in [5, 5.41) is 14.4. The predicted octanol–water partition coefficient (Wildman–Crippen LogP) is 3.79. The van der Waals surface area contributed by atoms with E-state index < -0.39 is 30.4 Å². The van der Waals surface area contributed by atoms with Gasteiger partial charge in [-0.25, -0.2) is 14.5 Å². The number of furan rings is 1. The highest BCUT2D eigenvalue weighted by Crippen LogP contribution is 2.28. The lowest BCUT2D eigenvalue weighted by Gasteiger charge is -2.12. The number of benzene rings is 2. The Morgan fingerprint density at radius 1 is 1.06 bits per heavy atom. The Hall–Kier alpha value is -4.66. The lowest BCUT2D eigenvalue weighted by molar-refractivity contribution is -0.127. The van der Waals surface area contributed by atoms with E-state index in [4.69, 9.17) is 4.42 Å². The molecule has 0 saturated carbocycles. The molecule has 0 aliphatic carbocycles. The summed E-state index contributed by atoms with van der Waals surface area (Å²) in [5.74, 6) is -1.52. The normalized spacial score (nSPS) is 14.4. The molecule has 1 aliphatic heterocycles. The Labute approximate surface area is 194 Å². The zero-order chi connectivity index (χ0) is 24.4. The van der Waals surface area contributed by atoms with Gasteiger partial charge in [-0.05, 0) is 49.7 Å². The monoisotopic (exact) mass is 459 g/mol. The van der Waals surface area contributed by atoms with Crippen molar-refractivity contribution in [3.8, 4) is 11.3 Å². The predicted molar refractivity (Wildman–Crippen MR) is 124 cm³/mol. The molecule has 9 nitrogen and oxygen atoms in total. The molecular weight excluding hydrogens is 438 g/mol. The van der Waals surface area contributed by atoms with Crippen LogP contribution in [0.5, 0.6) is 0 Å². The van der Waals surface area contributed by atoms with Crippen molar-refractivity contribution in [2.24, 2.45) is 0 Å². The van der Waals surface area contributed by atoms with Gasteiger partial charge in [-0.3, -0.25) is 9.59 Å². The van der Waals surface area contributed by atoms with Gasteiger partial charge in [-0.15, -0.1) is 0 Å². The van der Waals surface area contributed by atoms with Crippen LogP contribution in [0.25, 0.3) is 17.4 Å². The molecule has 34 heavy (non-hydrogen) atoms. The second kappa shape index (κ2) is 9.07. The average molecular weight is 459 g/mol. The van der Waals surface area contributed by atoms with E-state index in [0.29, 0.717) is 22.6 Å². The van der Waals surface area contributed by atoms with Crippen LogP contribution in [0.4, 0.5) is 10.5 Å². The van der Waals surface area contributed by atoms with E-state index in [-0.39, 0.29) is 17.0 Å². The third-order valence-corrected chi connectivity index (χ3v) is 5.34. The third kappa shape index (κ3) is 4.58. The highest BCUT2D eigenvalue weighted by Gasteiger charge is 2.35. The Balaban J connectivity index is 1.48. The van der Waals surface area contributed by atoms with Crippen LogP contribution in [0, 0.1) is 13.8 Å². The van der Waals surface area contributed by atoms with Crippen LogP contribution in [-0.2, 0) is 9.59 Å². The second-order valence-electron chi connectivity index (χ2n) is 7.78. The Morgan fingerprint density at radius 3 is 2.50 bits per heavy atom. The number of nitrogens with one attached hydrogen (secondary N) is 2. The topological polar surface area (TPSA) is 129 Å². The highest BCUT2D eigenvalue weighted by atomic mass is 16.4. The number of rotatable bonds is 6. The summed E-state index contributed by atoms with van der Waals surface area (Å²) in [5.41, 5.74) is 2.86. The number of anilines is 1. The van der Waals surface area contributed by atoms with Gasteiger partial charge in [0.1, 0.15) is 23.8 Å². The molecule has 172 valence electrons. The fourth-order valence-electron chi connectivity index (χ4n) is 3.55. The van der Waals surface area contributed by atoms with Crippen LogP contribution in [0.2, 0.25) is 0 Å². The largest absolute Gasteiger partial charge is 0.478 e. The Kier molecular flexibility index (Phi) is 6.01. The quantitative estimate of drug-likeness (QED) is 0.380. The van der Waals surface area contributed by atoms with E-state index in [1.807, 2.05) is 19.1 Å². The first kappa shape index (κ1) is 22.5. The molecule has 1 aromatic heterocycles. The van der Waals surface area contributed by atoms with Gasteiger partial charge in [0, 0.05) is 17.3 Å². The van der Waals surface area contributed by atoms with Gasteiger partial charge in [0.15, 0.2) is 0 Å². The van der Waals surface area contributed by atoms with Crippen molar-refractivity contribution in [3.05, 3.63) is 82.7 Å². The molecule has 3 N–H and O–H groups in total. The van der Waals surface area contributed by atoms with Crippen molar-refractivity contribution in [1.29, 1.82) is 0 Å². The first-order chi connectivity index (χ1) is 16.2. The van der Waals surface area contributed by atoms with Crippen LogP contribution < -0.4 is 10.6 Å².